The van der Waals surface area contributed by atoms with Gasteiger partial charge in [0, 0.05) is 38.8 Å². The Kier molecular flexibility index (Phi) is 5.29. The van der Waals surface area contributed by atoms with E-state index in [0.717, 1.165) is 38.4 Å². The van der Waals surface area contributed by atoms with Crippen LogP contribution in [0.2, 0.25) is 0 Å². The summed E-state index contributed by atoms with van der Waals surface area (Å²) in [5.41, 5.74) is 0.643. The molecule has 1 atom stereocenters. The fourth-order valence-electron chi connectivity index (χ4n) is 3.02. The molecule has 0 saturated carbocycles. The molecule has 7 nitrogen and oxygen atoms in total. The van der Waals surface area contributed by atoms with Gasteiger partial charge in [0.1, 0.15) is 5.82 Å². The van der Waals surface area contributed by atoms with Gasteiger partial charge in [-0.1, -0.05) is 13.8 Å². The SMILES string of the molecule is CC(C)Cc1nnc([C@H](C)N2CCN(c3cc(C#N)ccn3)CC2)o1. The molecule has 0 radical (unpaired) electrons. The number of aromatic nitrogens is 3. The monoisotopic (exact) mass is 340 g/mol. The highest BCUT2D eigenvalue weighted by molar-refractivity contribution is 5.45. The van der Waals surface area contributed by atoms with E-state index < -0.39 is 0 Å². The first-order valence-corrected chi connectivity index (χ1v) is 8.74. The van der Waals surface area contributed by atoms with Crippen molar-refractivity contribution < 1.29 is 4.42 Å². The first-order chi connectivity index (χ1) is 12.1. The Balaban J connectivity index is 1.59. The van der Waals surface area contributed by atoms with Crippen molar-refractivity contribution in [2.24, 2.45) is 5.92 Å². The summed E-state index contributed by atoms with van der Waals surface area (Å²) in [5.74, 6) is 2.77. The molecule has 3 rings (SSSR count). The van der Waals surface area contributed by atoms with E-state index in [9.17, 15) is 0 Å². The predicted octanol–water partition coefficient (Wildman–Crippen LogP) is 2.42. The summed E-state index contributed by atoms with van der Waals surface area (Å²) in [7, 11) is 0. The molecule has 0 amide bonds. The molecule has 0 bridgehead atoms. The zero-order valence-corrected chi connectivity index (χ0v) is 15.0. The van der Waals surface area contributed by atoms with E-state index in [1.807, 2.05) is 6.07 Å². The number of piperazine rings is 1. The number of nitrogens with zero attached hydrogens (tertiary/aromatic N) is 6. The molecule has 132 valence electrons. The van der Waals surface area contributed by atoms with Gasteiger partial charge in [0.25, 0.3) is 0 Å². The van der Waals surface area contributed by atoms with Crippen LogP contribution in [0.25, 0.3) is 0 Å². The number of hydrogen-bond acceptors (Lipinski definition) is 7. The van der Waals surface area contributed by atoms with Gasteiger partial charge in [0.15, 0.2) is 0 Å². The van der Waals surface area contributed by atoms with Crippen molar-refractivity contribution >= 4 is 5.82 Å². The van der Waals surface area contributed by atoms with E-state index in [4.69, 9.17) is 9.68 Å². The molecule has 7 heteroatoms. The summed E-state index contributed by atoms with van der Waals surface area (Å²) >= 11 is 0. The molecule has 0 spiro atoms. The van der Waals surface area contributed by atoms with Crippen LogP contribution in [0.15, 0.2) is 22.7 Å². The van der Waals surface area contributed by atoms with Gasteiger partial charge >= 0.3 is 0 Å². The van der Waals surface area contributed by atoms with Gasteiger partial charge in [-0.25, -0.2) is 4.98 Å². The summed E-state index contributed by atoms with van der Waals surface area (Å²) in [5, 5.41) is 17.4. The zero-order valence-electron chi connectivity index (χ0n) is 15.0. The molecule has 2 aromatic rings. The van der Waals surface area contributed by atoms with E-state index in [1.54, 1.807) is 12.3 Å². The highest BCUT2D eigenvalue weighted by atomic mass is 16.4. The second-order valence-electron chi connectivity index (χ2n) is 6.85. The van der Waals surface area contributed by atoms with Crippen LogP contribution in [0.5, 0.6) is 0 Å². The molecule has 0 N–H and O–H groups in total. The highest BCUT2D eigenvalue weighted by Crippen LogP contribution is 2.23. The lowest BCUT2D eigenvalue weighted by Crippen LogP contribution is -2.47. The van der Waals surface area contributed by atoms with Gasteiger partial charge in [-0.2, -0.15) is 5.26 Å². The Bertz CT molecular complexity index is 742. The third-order valence-electron chi connectivity index (χ3n) is 4.48. The normalized spacial score (nSPS) is 16.8. The van der Waals surface area contributed by atoms with Crippen LogP contribution in [-0.4, -0.2) is 46.3 Å². The van der Waals surface area contributed by atoms with Gasteiger partial charge in [-0.15, -0.1) is 10.2 Å². The van der Waals surface area contributed by atoms with Crippen LogP contribution in [0, 0.1) is 17.2 Å². The smallest absolute Gasteiger partial charge is 0.233 e. The molecular formula is C18H24N6O. The Labute approximate surface area is 148 Å². The van der Waals surface area contributed by atoms with Crippen molar-refractivity contribution in [3.05, 3.63) is 35.7 Å². The van der Waals surface area contributed by atoms with Gasteiger partial charge < -0.3 is 9.32 Å². The van der Waals surface area contributed by atoms with Crippen molar-refractivity contribution in [1.82, 2.24) is 20.1 Å². The van der Waals surface area contributed by atoms with Gasteiger partial charge in [-0.3, -0.25) is 4.90 Å². The molecule has 3 heterocycles. The molecule has 1 aliphatic heterocycles. The lowest BCUT2D eigenvalue weighted by molar-refractivity contribution is 0.170. The minimum absolute atomic E-state index is 0.106. The average molecular weight is 340 g/mol. The fourth-order valence-corrected chi connectivity index (χ4v) is 3.02. The first kappa shape index (κ1) is 17.4. The molecule has 2 aromatic heterocycles. The number of rotatable bonds is 5. The predicted molar refractivity (Wildman–Crippen MR) is 94.0 cm³/mol. The van der Waals surface area contributed by atoms with E-state index in [0.29, 0.717) is 23.3 Å². The third-order valence-corrected chi connectivity index (χ3v) is 4.48. The summed E-state index contributed by atoms with van der Waals surface area (Å²) in [6.07, 6.45) is 2.51. The summed E-state index contributed by atoms with van der Waals surface area (Å²) in [4.78, 5) is 8.94. The van der Waals surface area contributed by atoms with Crippen LogP contribution in [-0.2, 0) is 6.42 Å². The molecular weight excluding hydrogens is 316 g/mol. The number of hydrogen-bond donors (Lipinski definition) is 0. The minimum atomic E-state index is 0.106. The first-order valence-electron chi connectivity index (χ1n) is 8.74. The highest BCUT2D eigenvalue weighted by Gasteiger charge is 2.26. The van der Waals surface area contributed by atoms with Gasteiger partial charge in [0.05, 0.1) is 17.7 Å². The lowest BCUT2D eigenvalue weighted by Gasteiger charge is -2.37. The van der Waals surface area contributed by atoms with Crippen LogP contribution in [0.1, 0.15) is 44.2 Å². The minimum Gasteiger partial charge on any atom is -0.424 e. The summed E-state index contributed by atoms with van der Waals surface area (Å²) in [6, 6.07) is 5.84. The topological polar surface area (TPSA) is 82.1 Å². The average Bonchev–Trinajstić information content (AvgIpc) is 3.09. The largest absolute Gasteiger partial charge is 0.424 e. The van der Waals surface area contributed by atoms with Gasteiger partial charge in [-0.05, 0) is 25.0 Å². The maximum absolute atomic E-state index is 9.03. The Morgan fingerprint density at radius 1 is 1.20 bits per heavy atom. The molecule has 1 aliphatic rings. The maximum Gasteiger partial charge on any atom is 0.233 e. The van der Waals surface area contributed by atoms with E-state index in [2.05, 4.69) is 51.8 Å². The Morgan fingerprint density at radius 3 is 2.64 bits per heavy atom. The van der Waals surface area contributed by atoms with Gasteiger partial charge in [0.2, 0.25) is 11.8 Å². The van der Waals surface area contributed by atoms with E-state index in [1.165, 1.54) is 0 Å². The van der Waals surface area contributed by atoms with Crippen molar-refractivity contribution in [3.63, 3.8) is 0 Å². The molecule has 1 saturated heterocycles. The second-order valence-corrected chi connectivity index (χ2v) is 6.85. The van der Waals surface area contributed by atoms with Crippen molar-refractivity contribution in [2.75, 3.05) is 31.1 Å². The molecule has 25 heavy (non-hydrogen) atoms. The van der Waals surface area contributed by atoms with Crippen LogP contribution >= 0.6 is 0 Å². The standard InChI is InChI=1S/C18H24N6O/c1-13(2)10-17-21-22-18(25-17)14(3)23-6-8-24(9-7-23)16-11-15(12-19)4-5-20-16/h4-5,11,13-14H,6-10H2,1-3H3/t14-/m0/s1. The fraction of sp³-hybridized carbons (Fsp3) is 0.556. The second kappa shape index (κ2) is 7.62. The maximum atomic E-state index is 9.03. The Morgan fingerprint density at radius 2 is 1.96 bits per heavy atom. The number of anilines is 1. The molecule has 0 aliphatic carbocycles. The van der Waals surface area contributed by atoms with Crippen molar-refractivity contribution in [2.45, 2.75) is 33.2 Å². The van der Waals surface area contributed by atoms with Crippen LogP contribution in [0.3, 0.4) is 0 Å². The van der Waals surface area contributed by atoms with Crippen molar-refractivity contribution in [1.29, 1.82) is 5.26 Å². The molecule has 0 aromatic carbocycles. The van der Waals surface area contributed by atoms with E-state index >= 15 is 0 Å². The molecule has 1 fully saturated rings. The zero-order chi connectivity index (χ0) is 17.8. The molecule has 0 unspecified atom stereocenters. The van der Waals surface area contributed by atoms with Crippen molar-refractivity contribution in [3.8, 4) is 6.07 Å². The number of pyridine rings is 1. The number of nitriles is 1. The van der Waals surface area contributed by atoms with E-state index in [-0.39, 0.29) is 6.04 Å². The lowest BCUT2D eigenvalue weighted by atomic mass is 10.1. The van der Waals surface area contributed by atoms with Crippen LogP contribution in [0.4, 0.5) is 5.82 Å². The summed E-state index contributed by atoms with van der Waals surface area (Å²) in [6.45, 7) is 9.89. The van der Waals surface area contributed by atoms with Crippen LogP contribution < -0.4 is 4.90 Å². The third kappa shape index (κ3) is 4.15. The summed E-state index contributed by atoms with van der Waals surface area (Å²) < 4.78 is 5.83. The quantitative estimate of drug-likeness (QED) is 0.826. The Hall–Kier alpha value is -2.46.